The Kier molecular flexibility index (Phi) is 5.23. The van der Waals surface area contributed by atoms with E-state index in [1.807, 2.05) is 73.4 Å². The van der Waals surface area contributed by atoms with Gasteiger partial charge in [0.1, 0.15) is 6.04 Å². The molecule has 2 fully saturated rings. The highest BCUT2D eigenvalue weighted by Gasteiger charge is 2.64. The second kappa shape index (κ2) is 8.35. The predicted molar refractivity (Wildman–Crippen MR) is 141 cm³/mol. The number of imide groups is 1. The Morgan fingerprint density at radius 1 is 0.889 bits per heavy atom. The molecule has 1 N–H and O–H groups in total. The molecule has 3 aliphatic heterocycles. The number of carbonyl (C=O) groups excluding carboxylic acids is 3. The number of carbonyl (C=O) groups is 3. The Balaban J connectivity index is 1.44. The summed E-state index contributed by atoms with van der Waals surface area (Å²) in [6, 6.07) is 19.0. The van der Waals surface area contributed by atoms with Crippen LogP contribution in [0.2, 0.25) is 5.02 Å². The molecule has 0 saturated carbocycles. The monoisotopic (exact) mass is 497 g/mol. The number of anilines is 3. The first-order valence-electron chi connectivity index (χ1n) is 11.9. The summed E-state index contributed by atoms with van der Waals surface area (Å²) < 4.78 is 0. The fourth-order valence-electron chi connectivity index (χ4n) is 5.86. The van der Waals surface area contributed by atoms with Gasteiger partial charge in [-0.05, 0) is 61.4 Å². The van der Waals surface area contributed by atoms with Gasteiger partial charge < -0.3 is 10.2 Å². The molecule has 0 aromatic heterocycles. The van der Waals surface area contributed by atoms with Gasteiger partial charge in [0.15, 0.2) is 0 Å². The topological polar surface area (TPSA) is 69.7 Å². The van der Waals surface area contributed by atoms with Gasteiger partial charge in [0.2, 0.25) is 17.7 Å². The minimum Gasteiger partial charge on any atom is -0.351 e. The second-order valence-corrected chi connectivity index (χ2v) is 10.0. The molecule has 0 spiro atoms. The highest BCUT2D eigenvalue weighted by molar-refractivity contribution is 6.30. The summed E-state index contributed by atoms with van der Waals surface area (Å²) in [6.07, 6.45) is 3.93. The van der Waals surface area contributed by atoms with Crippen molar-refractivity contribution in [1.82, 2.24) is 0 Å². The van der Waals surface area contributed by atoms with Crippen LogP contribution in [0.1, 0.15) is 16.7 Å². The van der Waals surface area contributed by atoms with E-state index >= 15 is 0 Å². The van der Waals surface area contributed by atoms with E-state index in [9.17, 15) is 14.4 Å². The smallest absolute Gasteiger partial charge is 0.247 e. The number of rotatable bonds is 3. The zero-order valence-electron chi connectivity index (χ0n) is 19.8. The van der Waals surface area contributed by atoms with Crippen LogP contribution in [0.4, 0.5) is 17.1 Å². The first-order valence-corrected chi connectivity index (χ1v) is 12.3. The number of aryl methyl sites for hydroxylation is 2. The molecular weight excluding hydrogens is 474 g/mol. The van der Waals surface area contributed by atoms with Crippen LogP contribution in [-0.4, -0.2) is 29.8 Å². The fourth-order valence-corrected chi connectivity index (χ4v) is 5.98. The second-order valence-electron chi connectivity index (χ2n) is 9.61. The lowest BCUT2D eigenvalue weighted by atomic mass is 9.88. The third kappa shape index (κ3) is 3.36. The Morgan fingerprint density at radius 2 is 1.61 bits per heavy atom. The van der Waals surface area contributed by atoms with Gasteiger partial charge in [0.25, 0.3) is 0 Å². The van der Waals surface area contributed by atoms with Gasteiger partial charge in [-0.2, -0.15) is 0 Å². The lowest BCUT2D eigenvalue weighted by Crippen LogP contribution is -2.50. The van der Waals surface area contributed by atoms with Crippen LogP contribution in [-0.2, 0) is 14.4 Å². The molecule has 4 atom stereocenters. The van der Waals surface area contributed by atoms with E-state index in [2.05, 4.69) is 5.32 Å². The molecule has 6 rings (SSSR count). The van der Waals surface area contributed by atoms with Gasteiger partial charge in [-0.15, -0.1) is 0 Å². The molecular formula is C29H24ClN3O3. The number of benzene rings is 3. The van der Waals surface area contributed by atoms with Gasteiger partial charge in [-0.3, -0.25) is 14.4 Å². The molecule has 3 aromatic carbocycles. The largest absolute Gasteiger partial charge is 0.351 e. The van der Waals surface area contributed by atoms with E-state index < -0.39 is 23.9 Å². The average Bonchev–Trinajstić information content (AvgIpc) is 3.34. The van der Waals surface area contributed by atoms with Crippen LogP contribution < -0.4 is 15.1 Å². The average molecular weight is 498 g/mol. The highest BCUT2D eigenvalue weighted by atomic mass is 35.5. The van der Waals surface area contributed by atoms with Crippen molar-refractivity contribution >= 4 is 52.5 Å². The summed E-state index contributed by atoms with van der Waals surface area (Å²) in [5, 5.41) is 3.51. The molecule has 6 nitrogen and oxygen atoms in total. The lowest BCUT2D eigenvalue weighted by molar-refractivity contribution is -0.126. The summed E-state index contributed by atoms with van der Waals surface area (Å²) in [4.78, 5) is 44.9. The number of amides is 3. The van der Waals surface area contributed by atoms with Crippen LogP contribution >= 0.6 is 11.6 Å². The van der Waals surface area contributed by atoms with Crippen molar-refractivity contribution in [3.63, 3.8) is 0 Å². The fraction of sp³-hybridized carbons (Fsp3) is 0.207. The van der Waals surface area contributed by atoms with Crippen molar-refractivity contribution in [3.8, 4) is 0 Å². The first kappa shape index (κ1) is 22.6. The quantitative estimate of drug-likeness (QED) is 0.518. The van der Waals surface area contributed by atoms with Crippen LogP contribution in [0.5, 0.6) is 0 Å². The minimum atomic E-state index is -0.853. The Bertz CT molecular complexity index is 1450. The number of nitrogens with zero attached hydrogens (tertiary/aromatic N) is 2. The third-order valence-electron chi connectivity index (χ3n) is 7.39. The van der Waals surface area contributed by atoms with E-state index in [0.717, 1.165) is 22.4 Å². The van der Waals surface area contributed by atoms with Gasteiger partial charge in [0.05, 0.1) is 23.6 Å². The summed E-state index contributed by atoms with van der Waals surface area (Å²) in [5.41, 5.74) is 4.84. The molecule has 0 aliphatic carbocycles. The molecule has 3 aliphatic rings. The molecule has 180 valence electrons. The van der Waals surface area contributed by atoms with Gasteiger partial charge in [0, 0.05) is 16.4 Å². The minimum absolute atomic E-state index is 0.266. The molecule has 3 amide bonds. The molecule has 3 aromatic rings. The molecule has 7 heteroatoms. The molecule has 0 radical (unpaired) electrons. The number of hydrogen-bond donors (Lipinski definition) is 1. The molecule has 3 heterocycles. The van der Waals surface area contributed by atoms with Crippen LogP contribution in [0.15, 0.2) is 72.8 Å². The van der Waals surface area contributed by atoms with Crippen molar-refractivity contribution in [1.29, 1.82) is 0 Å². The third-order valence-corrected chi connectivity index (χ3v) is 7.64. The van der Waals surface area contributed by atoms with Crippen LogP contribution in [0.3, 0.4) is 0 Å². The van der Waals surface area contributed by atoms with Crippen molar-refractivity contribution in [2.45, 2.75) is 25.9 Å². The van der Waals surface area contributed by atoms with Crippen molar-refractivity contribution < 1.29 is 14.4 Å². The van der Waals surface area contributed by atoms with Crippen molar-refractivity contribution in [3.05, 3.63) is 94.5 Å². The van der Waals surface area contributed by atoms with E-state index in [-0.39, 0.29) is 17.7 Å². The number of nitrogens with one attached hydrogen (secondary N) is 1. The number of para-hydroxylation sites is 1. The van der Waals surface area contributed by atoms with Crippen LogP contribution in [0, 0.1) is 25.7 Å². The van der Waals surface area contributed by atoms with Gasteiger partial charge in [-0.25, -0.2) is 4.90 Å². The van der Waals surface area contributed by atoms with E-state index in [0.29, 0.717) is 16.4 Å². The molecule has 2 saturated heterocycles. The molecule has 36 heavy (non-hydrogen) atoms. The van der Waals surface area contributed by atoms with Gasteiger partial charge >= 0.3 is 0 Å². The maximum absolute atomic E-state index is 14.0. The number of hydrogen-bond acceptors (Lipinski definition) is 4. The van der Waals surface area contributed by atoms with E-state index in [1.54, 1.807) is 24.3 Å². The molecule has 0 bridgehead atoms. The normalized spacial score (nSPS) is 24.0. The predicted octanol–water partition coefficient (Wildman–Crippen LogP) is 4.99. The first-order chi connectivity index (χ1) is 17.3. The summed E-state index contributed by atoms with van der Waals surface area (Å²) >= 11 is 6.01. The standard InChI is InChI=1S/C29H24ClN3O3/c1-16-7-13-21(17(2)15-16)33-28(35)24-23-14-8-18-5-3-4-6-22(18)32(23)26(25(24)29(33)36)27(34)31-20-11-9-19(30)10-12-20/h3-15,23-26H,1-2H3,(H,31,34)/t23-,24+,25+,26+/m1/s1. The van der Waals surface area contributed by atoms with E-state index in [1.165, 1.54) is 4.90 Å². The zero-order valence-corrected chi connectivity index (χ0v) is 20.6. The molecule has 0 unspecified atom stereocenters. The Labute approximate surface area is 214 Å². The maximum Gasteiger partial charge on any atom is 0.247 e. The Hall–Kier alpha value is -3.90. The SMILES string of the molecule is Cc1ccc(N2C(=O)[C@@H]3[C@H](C2=O)[C@@H](C(=O)Nc2ccc(Cl)cc2)N2c4ccccc4C=C[C@H]32)c(C)c1. The lowest BCUT2D eigenvalue weighted by Gasteiger charge is -2.36. The number of fused-ring (bicyclic) bond motifs is 5. The number of halogens is 1. The highest BCUT2D eigenvalue weighted by Crippen LogP contribution is 2.49. The Morgan fingerprint density at radius 3 is 2.36 bits per heavy atom. The summed E-state index contributed by atoms with van der Waals surface area (Å²) in [5.74, 6) is -2.41. The van der Waals surface area contributed by atoms with Crippen molar-refractivity contribution in [2.24, 2.45) is 11.8 Å². The van der Waals surface area contributed by atoms with Gasteiger partial charge in [-0.1, -0.05) is 59.6 Å². The maximum atomic E-state index is 14.0. The van der Waals surface area contributed by atoms with Crippen LogP contribution in [0.25, 0.3) is 6.08 Å². The summed E-state index contributed by atoms with van der Waals surface area (Å²) in [6.45, 7) is 3.86. The zero-order chi connectivity index (χ0) is 25.1. The summed E-state index contributed by atoms with van der Waals surface area (Å²) in [7, 11) is 0. The van der Waals surface area contributed by atoms with E-state index in [4.69, 9.17) is 11.6 Å². The van der Waals surface area contributed by atoms with Crippen molar-refractivity contribution in [2.75, 3.05) is 15.1 Å².